The van der Waals surface area contributed by atoms with Crippen LogP contribution in [0.5, 0.6) is 0 Å². The van der Waals surface area contributed by atoms with Gasteiger partial charge in [-0.3, -0.25) is 9.69 Å². The number of amidine groups is 1. The fourth-order valence-corrected chi connectivity index (χ4v) is 4.37. The Bertz CT molecular complexity index is 1120. The maximum atomic E-state index is 6.44. The van der Waals surface area contributed by atoms with Crippen molar-refractivity contribution >= 4 is 28.9 Å². The summed E-state index contributed by atoms with van der Waals surface area (Å²) in [6.45, 7) is 4.01. The number of nitrogen functional groups attached to an aromatic ring is 1. The summed E-state index contributed by atoms with van der Waals surface area (Å²) >= 11 is 6.37. The molecule has 32 heavy (non-hydrogen) atoms. The molecule has 1 aromatic carbocycles. The van der Waals surface area contributed by atoms with Crippen LogP contribution in [0.3, 0.4) is 0 Å². The van der Waals surface area contributed by atoms with E-state index in [9.17, 15) is 0 Å². The molecule has 10 heteroatoms. The first-order valence-electron chi connectivity index (χ1n) is 10.6. The molecule has 0 unspecified atom stereocenters. The van der Waals surface area contributed by atoms with Crippen molar-refractivity contribution in [1.29, 1.82) is 0 Å². The van der Waals surface area contributed by atoms with Crippen molar-refractivity contribution in [3.8, 4) is 11.1 Å². The van der Waals surface area contributed by atoms with Crippen molar-refractivity contribution in [2.45, 2.75) is 32.2 Å². The number of anilines is 2. The number of piperidine rings is 1. The number of rotatable bonds is 5. The number of nitrogens with zero attached hydrogens (tertiary/aromatic N) is 5. The maximum Gasteiger partial charge on any atom is 0.177 e. The molecule has 4 rings (SSSR count). The summed E-state index contributed by atoms with van der Waals surface area (Å²) in [5.41, 5.74) is 10.1. The highest BCUT2D eigenvalue weighted by Crippen LogP contribution is 2.30. The molecule has 2 aromatic heterocycles. The minimum absolute atomic E-state index is 0.277. The number of pyridine rings is 1. The Hall–Kier alpha value is -3.14. The van der Waals surface area contributed by atoms with Crippen LogP contribution in [0.4, 0.5) is 11.5 Å². The second-order valence-corrected chi connectivity index (χ2v) is 8.17. The lowest BCUT2D eigenvalue weighted by Crippen LogP contribution is -2.40. The summed E-state index contributed by atoms with van der Waals surface area (Å²) in [7, 11) is 0. The number of hydrogen-bond donors (Lipinski definition) is 4. The van der Waals surface area contributed by atoms with Gasteiger partial charge in [-0.05, 0) is 56.1 Å². The monoisotopic (exact) mass is 453 g/mol. The molecule has 7 N–H and O–H groups in total. The zero-order valence-electron chi connectivity index (χ0n) is 18.0. The number of hydrogen-bond acceptors (Lipinski definition) is 7. The average Bonchev–Trinajstić information content (AvgIpc) is 3.31. The number of halogens is 1. The highest BCUT2D eigenvalue weighted by atomic mass is 35.5. The van der Waals surface area contributed by atoms with Crippen LogP contribution >= 0.6 is 11.6 Å². The third-order valence-electron chi connectivity index (χ3n) is 5.83. The Kier molecular flexibility index (Phi) is 6.59. The highest BCUT2D eigenvalue weighted by molar-refractivity contribution is 6.32. The van der Waals surface area contributed by atoms with Crippen LogP contribution < -0.4 is 27.7 Å². The van der Waals surface area contributed by atoms with E-state index >= 15 is 0 Å². The van der Waals surface area contributed by atoms with Crippen molar-refractivity contribution in [2.75, 3.05) is 23.8 Å². The Morgan fingerprint density at radius 3 is 2.78 bits per heavy atom. The van der Waals surface area contributed by atoms with E-state index in [1.54, 1.807) is 6.20 Å². The Balaban J connectivity index is 1.68. The third kappa shape index (κ3) is 4.27. The van der Waals surface area contributed by atoms with Gasteiger partial charge in [0.2, 0.25) is 0 Å². The van der Waals surface area contributed by atoms with Crippen LogP contribution in [-0.2, 0) is 6.42 Å². The lowest BCUT2D eigenvalue weighted by atomic mass is 10.1. The largest absolute Gasteiger partial charge is 0.383 e. The minimum Gasteiger partial charge on any atom is -0.383 e. The lowest BCUT2D eigenvalue weighted by Gasteiger charge is -2.24. The minimum atomic E-state index is 0.277. The van der Waals surface area contributed by atoms with Crippen molar-refractivity contribution in [3.05, 3.63) is 59.0 Å². The lowest BCUT2D eigenvalue weighted by molar-refractivity contribution is 0.343. The van der Waals surface area contributed by atoms with Crippen molar-refractivity contribution in [1.82, 2.24) is 20.1 Å². The zero-order valence-corrected chi connectivity index (χ0v) is 18.8. The van der Waals surface area contributed by atoms with E-state index in [-0.39, 0.29) is 5.82 Å². The Morgan fingerprint density at radius 2 is 2.06 bits per heavy atom. The maximum absolute atomic E-state index is 6.44. The summed E-state index contributed by atoms with van der Waals surface area (Å²) in [6.07, 6.45) is 8.40. The van der Waals surface area contributed by atoms with E-state index in [2.05, 4.69) is 20.5 Å². The van der Waals surface area contributed by atoms with Gasteiger partial charge in [0.25, 0.3) is 0 Å². The number of hydrazone groups is 1. The molecule has 1 saturated heterocycles. The van der Waals surface area contributed by atoms with Gasteiger partial charge in [0.15, 0.2) is 5.84 Å². The number of nitrogens with one attached hydrogen (secondary N) is 1. The quantitative estimate of drug-likeness (QED) is 0.202. The Morgan fingerprint density at radius 1 is 1.28 bits per heavy atom. The predicted octanol–water partition coefficient (Wildman–Crippen LogP) is 2.67. The molecule has 1 aliphatic rings. The SMILES string of the molecule is CCc1c(Cl)cccc1N(N)/C(=N\N)c1cc(-c2cnn(C3CCNCC3)c2)cnc1N. The molecule has 0 atom stereocenters. The smallest absolute Gasteiger partial charge is 0.177 e. The van der Waals surface area contributed by atoms with Gasteiger partial charge in [-0.1, -0.05) is 24.6 Å². The fourth-order valence-electron chi connectivity index (χ4n) is 4.07. The molecule has 0 saturated carbocycles. The number of benzene rings is 1. The molecular weight excluding hydrogens is 426 g/mol. The molecule has 3 heterocycles. The molecule has 0 spiro atoms. The second-order valence-electron chi connectivity index (χ2n) is 7.76. The van der Waals surface area contributed by atoms with Gasteiger partial charge in [0.1, 0.15) is 5.82 Å². The summed E-state index contributed by atoms with van der Waals surface area (Å²) in [5, 5.41) is 13.9. The van der Waals surface area contributed by atoms with E-state index in [1.165, 1.54) is 5.01 Å². The normalized spacial score (nSPS) is 15.2. The van der Waals surface area contributed by atoms with Gasteiger partial charge in [-0.25, -0.2) is 10.8 Å². The summed E-state index contributed by atoms with van der Waals surface area (Å²) < 4.78 is 2.03. The predicted molar refractivity (Wildman–Crippen MR) is 129 cm³/mol. The average molecular weight is 454 g/mol. The van der Waals surface area contributed by atoms with Crippen LogP contribution in [0.2, 0.25) is 5.02 Å². The zero-order chi connectivity index (χ0) is 22.7. The standard InChI is InChI=1S/C22H28ClN9/c1-2-17-19(23)4-3-5-20(17)32(26)22(30-25)18-10-14(11-28-21(18)24)15-12-29-31(13-15)16-6-8-27-9-7-16/h3-5,10-13,16,27H,2,6-9,25-26H2,1H3,(H2,24,28)/b30-22-. The van der Waals surface area contributed by atoms with Gasteiger partial charge in [0.05, 0.1) is 23.5 Å². The first kappa shape index (κ1) is 22.1. The molecule has 1 fully saturated rings. The van der Waals surface area contributed by atoms with Gasteiger partial charge >= 0.3 is 0 Å². The Labute approximate surface area is 192 Å². The van der Waals surface area contributed by atoms with E-state index in [0.717, 1.165) is 42.6 Å². The van der Waals surface area contributed by atoms with Crippen LogP contribution in [0.25, 0.3) is 11.1 Å². The first-order valence-corrected chi connectivity index (χ1v) is 11.0. The van der Waals surface area contributed by atoms with Crippen molar-refractivity contribution in [3.63, 3.8) is 0 Å². The molecular formula is C22H28ClN9. The van der Waals surface area contributed by atoms with E-state index in [4.69, 9.17) is 29.0 Å². The van der Waals surface area contributed by atoms with Gasteiger partial charge in [-0.15, -0.1) is 0 Å². The van der Waals surface area contributed by atoms with E-state index < -0.39 is 0 Å². The molecule has 168 valence electrons. The molecule has 9 nitrogen and oxygen atoms in total. The van der Waals surface area contributed by atoms with Crippen LogP contribution in [0.1, 0.15) is 36.9 Å². The van der Waals surface area contributed by atoms with Crippen LogP contribution in [-0.4, -0.2) is 33.7 Å². The van der Waals surface area contributed by atoms with E-state index in [1.807, 2.05) is 48.3 Å². The summed E-state index contributed by atoms with van der Waals surface area (Å²) in [5.74, 6) is 12.8. The summed E-state index contributed by atoms with van der Waals surface area (Å²) in [6, 6.07) is 7.80. The molecule has 1 aliphatic heterocycles. The third-order valence-corrected chi connectivity index (χ3v) is 6.19. The number of hydrazine groups is 1. The molecule has 0 radical (unpaired) electrons. The summed E-state index contributed by atoms with van der Waals surface area (Å²) in [4.78, 5) is 4.37. The van der Waals surface area contributed by atoms with Crippen molar-refractivity contribution in [2.24, 2.45) is 16.8 Å². The molecule has 0 bridgehead atoms. The van der Waals surface area contributed by atoms with Gasteiger partial charge in [0, 0.05) is 28.5 Å². The first-order chi connectivity index (χ1) is 15.5. The molecule has 3 aromatic rings. The van der Waals surface area contributed by atoms with Crippen LogP contribution in [0.15, 0.2) is 48.0 Å². The van der Waals surface area contributed by atoms with Gasteiger partial charge in [-0.2, -0.15) is 10.2 Å². The van der Waals surface area contributed by atoms with Gasteiger partial charge < -0.3 is 16.9 Å². The molecule has 0 amide bonds. The fraction of sp³-hybridized carbons (Fsp3) is 0.318. The topological polar surface area (TPSA) is 136 Å². The second kappa shape index (κ2) is 9.56. The van der Waals surface area contributed by atoms with E-state index in [0.29, 0.717) is 34.6 Å². The van der Waals surface area contributed by atoms with Crippen LogP contribution in [0, 0.1) is 0 Å². The number of nitrogens with two attached hydrogens (primary N) is 3. The number of aromatic nitrogens is 3. The van der Waals surface area contributed by atoms with Crippen molar-refractivity contribution < 1.29 is 0 Å². The highest BCUT2D eigenvalue weighted by Gasteiger charge is 2.21. The molecule has 0 aliphatic carbocycles.